The molecule has 0 spiro atoms. The first-order chi connectivity index (χ1) is 60.7. The first-order valence-corrected chi connectivity index (χ1v) is 49.6. The van der Waals surface area contributed by atoms with Gasteiger partial charge in [-0.3, -0.25) is 0 Å². The molecular formula is C72H104Na8O48S8. The summed E-state index contributed by atoms with van der Waals surface area (Å²) in [5, 5.41) is 288. The standard InChI is InChI=1S/C72H112O48S8.8Na/c73-33(74)1-9-121-17-25-57-41(89)49(97)65(105-25)114-58-26(18-122-10-2-34(75)76)107-67(51(99)43(58)91)116-60-28(20-124-12-4-36(79)80)109-69(53(101)45(60)93)118-62-30(22-126-14-6-38(83)84)111-71(55(103)47(62)95)120-64-32(24-128-16-8-40(87)88)112-72(56(104)48(64)96)119-63-31(23-127-15-7-39(85)86)110-70(54(102)46(63)94)117-61-29(21-125-13-5-37(81)82)108-68(52(100)44(61)92)115-59-27(19-123-11-3-35(77)78)106-66(113-57)50(98)42(59)90;;;;;;;;/h25-32,41-72,89-104H,1-24H2,(H,73,74)(H,75,76)(H,77,78)(H,79,80)(H,81,82)(H,83,84)(H,85,86)(H,87,88);;;;;;;;/q;8*+1/p-8/t25-,26-,27-,28-,29-,30-,31-,32+,41-,42-,43-,44-,45-,46-,47-,48-,49-,50-,51-,52-,53-,54-,55-,56-,57-,58-,59-,60-,61-,62-,63-,64-,65+,66-,67+,68-,69+,70-,71+,72-;;;;;;;;/m0......../s1. The van der Waals surface area contributed by atoms with Gasteiger partial charge in [0, 0.05) is 93.8 Å². The van der Waals surface area contributed by atoms with Gasteiger partial charge in [0.25, 0.3) is 0 Å². The van der Waals surface area contributed by atoms with Crippen molar-refractivity contribution in [1.29, 1.82) is 0 Å². The molecule has 136 heavy (non-hydrogen) atoms. The molecule has 0 aromatic carbocycles. The molecule has 48 nitrogen and oxygen atoms in total. The topological polar surface area (TPSA) is 792 Å². The van der Waals surface area contributed by atoms with Crippen molar-refractivity contribution in [3.8, 4) is 0 Å². The number of hydrogen-bond donors (Lipinski definition) is 16. The van der Waals surface area contributed by atoms with Crippen molar-refractivity contribution in [2.45, 2.75) is 297 Å². The number of hydrogen-bond acceptors (Lipinski definition) is 56. The zero-order chi connectivity index (χ0) is 93.7. The molecule has 16 bridgehead atoms. The Morgan fingerprint density at radius 3 is 0.331 bits per heavy atom. The fourth-order valence-electron chi connectivity index (χ4n) is 14.6. The van der Waals surface area contributed by atoms with Crippen LogP contribution in [0.15, 0.2) is 0 Å². The van der Waals surface area contributed by atoms with Crippen LogP contribution in [0.3, 0.4) is 0 Å². The van der Waals surface area contributed by atoms with Gasteiger partial charge in [0.2, 0.25) is 0 Å². The maximum Gasteiger partial charge on any atom is 1.00 e. The Hall–Kier alpha value is 5.28. The Labute approximate surface area is 990 Å². The first-order valence-electron chi connectivity index (χ1n) is 40.3. The Bertz CT molecular complexity index is 2870. The van der Waals surface area contributed by atoms with Crippen LogP contribution in [0.2, 0.25) is 0 Å². The van der Waals surface area contributed by atoms with Crippen LogP contribution in [0.4, 0.5) is 0 Å². The molecule has 40 atom stereocenters. The van der Waals surface area contributed by atoms with Crippen molar-refractivity contribution in [2.75, 3.05) is 92.0 Å². The quantitative estimate of drug-likeness (QED) is 0.0200. The molecule has 0 aliphatic carbocycles. The molecule has 30 aliphatic heterocycles. The minimum atomic E-state index is -2.36. The largest absolute Gasteiger partial charge is 1.00 e. The van der Waals surface area contributed by atoms with Gasteiger partial charge < -0.3 is 237 Å². The number of carbonyl (C=O) groups is 8. The fourth-order valence-corrected chi connectivity index (χ4v) is 22.5. The molecule has 736 valence electrons. The SMILES string of the molecule is O=C([O-])CCSC[C@@H]1O[C@H]2O[C@@H]3[C@@H](O)[C@H](O)[C@@H](O[C@@H]4[C@@H](O)[C@H](O)[C@@H](O[C@@H]5[C@@H](O)[C@H](O)[C@@H](O[C@@H]6[C@@H](O)[C@H](O)[C@@H](O[C@@H]7[C@@H](O)[C@H](O)[C@H](O[C@@H]8[C@@H](O)[C@H](O)[C@H](O[C@@H]9[C@@H](O)[C@H](O)[C@H](O[C@@H]1[C@@H](O)[C@@H]2O)O[C@H]9CSCCC(=O)[O-])O[C@H]8CSCCC(=O)[O-])O[C@@H]7CSCCC(=O)[O-])O[C@H]6CSCCC(=O)[O-])O[C@H]5CSCCC(=O)[O-])O[C@H]4CSCCC(=O)[O-])O[C@H]3CSCCC(=O)[O-].[Na+].[Na+].[Na+].[Na+].[Na+].[Na+].[Na+].[Na+]. The molecule has 30 saturated heterocycles. The monoisotopic (exact) mass is 2180 g/mol. The van der Waals surface area contributed by atoms with Crippen LogP contribution >= 0.6 is 94.1 Å². The average Bonchev–Trinajstić information content (AvgIpc) is 0.802. The Kier molecular flexibility index (Phi) is 71.6. The minimum Gasteiger partial charge on any atom is -0.550 e. The molecule has 30 heterocycles. The minimum absolute atomic E-state index is 0. The van der Waals surface area contributed by atoms with Gasteiger partial charge in [0.05, 0.1) is 48.8 Å². The van der Waals surface area contributed by atoms with Crippen LogP contribution in [0.1, 0.15) is 51.4 Å². The molecule has 0 amide bonds. The third kappa shape index (κ3) is 41.5. The van der Waals surface area contributed by atoms with E-state index in [4.69, 9.17) is 75.8 Å². The predicted molar refractivity (Wildman–Crippen MR) is 420 cm³/mol. The van der Waals surface area contributed by atoms with Crippen molar-refractivity contribution in [2.24, 2.45) is 0 Å². The van der Waals surface area contributed by atoms with Gasteiger partial charge in [-0.25, -0.2) is 0 Å². The van der Waals surface area contributed by atoms with E-state index < -0.39 is 391 Å². The predicted octanol–water partition coefficient (Wildman–Crippen LogP) is -42.3. The van der Waals surface area contributed by atoms with Crippen molar-refractivity contribution in [3.05, 3.63) is 0 Å². The van der Waals surface area contributed by atoms with Crippen molar-refractivity contribution in [3.63, 3.8) is 0 Å². The molecule has 16 N–H and O–H groups in total. The zero-order valence-corrected chi connectivity index (χ0v) is 98.1. The molecule has 64 heteroatoms. The number of aliphatic hydroxyl groups excluding tert-OH is 16. The zero-order valence-electron chi connectivity index (χ0n) is 75.5. The number of carbonyl (C=O) groups excluding carboxylic acids is 8. The van der Waals surface area contributed by atoms with E-state index in [0.29, 0.717) is 0 Å². The van der Waals surface area contributed by atoms with E-state index in [2.05, 4.69) is 0 Å². The maximum atomic E-state index is 12.2. The van der Waals surface area contributed by atoms with Crippen LogP contribution < -0.4 is 277 Å². The summed E-state index contributed by atoms with van der Waals surface area (Å²) < 4.78 is 99.6. The molecule has 30 rings (SSSR count). The van der Waals surface area contributed by atoms with Crippen LogP contribution in [0.25, 0.3) is 0 Å². The van der Waals surface area contributed by atoms with E-state index >= 15 is 0 Å². The summed E-state index contributed by atoms with van der Waals surface area (Å²) >= 11 is 6.55. The van der Waals surface area contributed by atoms with Gasteiger partial charge in [0.1, 0.15) is 146 Å². The van der Waals surface area contributed by atoms with E-state index in [-0.39, 0.29) is 282 Å². The van der Waals surface area contributed by atoms with Crippen LogP contribution in [0.5, 0.6) is 0 Å². The van der Waals surface area contributed by atoms with E-state index in [0.717, 1.165) is 94.1 Å². The number of ether oxygens (including phenoxy) is 16. The number of aliphatic hydroxyl groups is 16. The fraction of sp³-hybridized carbons (Fsp3) is 0.889. The summed E-state index contributed by atoms with van der Waals surface area (Å²) in [6.07, 6.45) is -88.6. The second-order valence-corrected chi connectivity index (χ2v) is 39.8. The van der Waals surface area contributed by atoms with Crippen LogP contribution in [-0.4, -0.2) is 467 Å². The Morgan fingerprint density at radius 1 is 0.162 bits per heavy atom. The van der Waals surface area contributed by atoms with Gasteiger partial charge in [0.15, 0.2) is 50.3 Å². The first kappa shape index (κ1) is 139. The van der Waals surface area contributed by atoms with Crippen molar-refractivity contribution in [1.82, 2.24) is 0 Å². The smallest absolute Gasteiger partial charge is 0.550 e. The van der Waals surface area contributed by atoms with E-state index in [9.17, 15) is 161 Å². The molecule has 0 aromatic heterocycles. The second kappa shape index (κ2) is 69.9. The van der Waals surface area contributed by atoms with Gasteiger partial charge in [-0.1, -0.05) is 0 Å². The van der Waals surface area contributed by atoms with E-state index in [1.165, 1.54) is 0 Å². The third-order valence-corrected chi connectivity index (χ3v) is 29.8. The van der Waals surface area contributed by atoms with Gasteiger partial charge in [-0.2, -0.15) is 94.1 Å². The summed E-state index contributed by atoms with van der Waals surface area (Å²) in [7, 11) is 0. The molecule has 0 aromatic rings. The molecule has 30 fully saturated rings. The van der Waals surface area contributed by atoms with E-state index in [1.807, 2.05) is 0 Å². The number of thioether (sulfide) groups is 8. The third-order valence-electron chi connectivity index (χ3n) is 21.3. The summed E-state index contributed by atoms with van der Waals surface area (Å²) in [6.45, 7) is 0. The summed E-state index contributed by atoms with van der Waals surface area (Å²) in [5.74, 6) is -17.6. The maximum absolute atomic E-state index is 12.2. The van der Waals surface area contributed by atoms with Gasteiger partial charge >= 0.3 is 236 Å². The Balaban J connectivity index is 0.0000116. The normalized spacial score (nSPS) is 39.1. The number of carboxylic acid groups (broad SMARTS) is 8. The van der Waals surface area contributed by atoms with Crippen molar-refractivity contribution < 1.29 is 473 Å². The average molecular weight is 2180 g/mol. The van der Waals surface area contributed by atoms with Gasteiger partial charge in [-0.15, -0.1) is 0 Å². The van der Waals surface area contributed by atoms with Crippen LogP contribution in [-0.2, 0) is 114 Å². The molecular weight excluding hydrogens is 2070 g/mol. The van der Waals surface area contributed by atoms with Gasteiger partial charge in [-0.05, 0) is 97.4 Å². The molecule has 30 aliphatic rings. The second-order valence-electron chi connectivity index (χ2n) is 30.6. The van der Waals surface area contributed by atoms with E-state index in [1.54, 1.807) is 0 Å². The number of rotatable bonds is 40. The number of aliphatic carboxylic acids is 8. The van der Waals surface area contributed by atoms with Crippen LogP contribution in [0, 0.1) is 0 Å². The summed E-state index contributed by atoms with van der Waals surface area (Å²) in [5.41, 5.74) is 0. The Morgan fingerprint density at radius 2 is 0.250 bits per heavy atom. The summed E-state index contributed by atoms with van der Waals surface area (Å²) in [4.78, 5) is 93.3. The molecule has 0 saturated carbocycles. The van der Waals surface area contributed by atoms with Crippen molar-refractivity contribution >= 4 is 142 Å². The molecule has 0 radical (unpaired) electrons. The molecule has 0 unspecified atom stereocenters. The number of carboxylic acids is 8. The summed E-state index contributed by atoms with van der Waals surface area (Å²) in [6, 6.07) is 0.